The molecule has 1 unspecified atom stereocenters. The highest BCUT2D eigenvalue weighted by molar-refractivity contribution is 5.79. The molecule has 3 heteroatoms. The minimum Gasteiger partial charge on any atom is -0.381 e. The molecule has 2 fully saturated rings. The van der Waals surface area contributed by atoms with Crippen LogP contribution in [0.3, 0.4) is 0 Å². The average Bonchev–Trinajstić information content (AvgIpc) is 2.87. The Labute approximate surface area is 110 Å². The summed E-state index contributed by atoms with van der Waals surface area (Å²) in [6.07, 6.45) is 4.25. The minimum atomic E-state index is 0.133. The van der Waals surface area contributed by atoms with Crippen LogP contribution >= 0.6 is 0 Å². The van der Waals surface area contributed by atoms with Gasteiger partial charge in [0.15, 0.2) is 0 Å². The fourth-order valence-corrected chi connectivity index (χ4v) is 3.22. The van der Waals surface area contributed by atoms with Gasteiger partial charge < -0.3 is 9.64 Å². The van der Waals surface area contributed by atoms with Crippen molar-refractivity contribution < 1.29 is 9.53 Å². The molecule has 0 aromatic rings. The van der Waals surface area contributed by atoms with Crippen LogP contribution in [0.2, 0.25) is 0 Å². The van der Waals surface area contributed by atoms with Crippen LogP contribution in [0.4, 0.5) is 0 Å². The van der Waals surface area contributed by atoms with Gasteiger partial charge >= 0.3 is 0 Å². The van der Waals surface area contributed by atoms with E-state index >= 15 is 0 Å². The van der Waals surface area contributed by atoms with E-state index in [1.807, 2.05) is 6.92 Å². The van der Waals surface area contributed by atoms with Crippen LogP contribution < -0.4 is 0 Å². The molecule has 2 saturated heterocycles. The predicted octanol–water partition coefficient (Wildman–Crippen LogP) is 2.62. The van der Waals surface area contributed by atoms with Crippen LogP contribution in [0.1, 0.15) is 39.5 Å². The van der Waals surface area contributed by atoms with Gasteiger partial charge in [-0.2, -0.15) is 0 Å². The molecule has 102 valence electrons. The maximum atomic E-state index is 12.6. The molecule has 2 heterocycles. The first-order chi connectivity index (χ1) is 8.61. The molecule has 0 saturated carbocycles. The van der Waals surface area contributed by atoms with Crippen molar-refractivity contribution in [1.82, 2.24) is 4.90 Å². The van der Waals surface area contributed by atoms with Crippen molar-refractivity contribution in [1.29, 1.82) is 0 Å². The van der Waals surface area contributed by atoms with Crippen molar-refractivity contribution in [3.63, 3.8) is 0 Å². The third kappa shape index (κ3) is 2.77. The second-order valence-corrected chi connectivity index (χ2v) is 5.77. The normalized spacial score (nSPS) is 27.2. The van der Waals surface area contributed by atoms with E-state index in [0.29, 0.717) is 11.8 Å². The lowest BCUT2D eigenvalue weighted by Crippen LogP contribution is -2.42. The topological polar surface area (TPSA) is 29.5 Å². The maximum Gasteiger partial charge on any atom is 0.226 e. The first-order valence-corrected chi connectivity index (χ1v) is 7.15. The van der Waals surface area contributed by atoms with Gasteiger partial charge in [-0.3, -0.25) is 4.79 Å². The van der Waals surface area contributed by atoms with Gasteiger partial charge in [-0.25, -0.2) is 0 Å². The van der Waals surface area contributed by atoms with Crippen molar-refractivity contribution in [2.24, 2.45) is 11.8 Å². The lowest BCUT2D eigenvalue weighted by molar-refractivity contribution is -0.138. The lowest BCUT2D eigenvalue weighted by Gasteiger charge is -2.33. The van der Waals surface area contributed by atoms with E-state index in [4.69, 9.17) is 4.74 Å². The fraction of sp³-hybridized carbons (Fsp3) is 0.800. The van der Waals surface area contributed by atoms with Gasteiger partial charge in [0, 0.05) is 25.7 Å². The zero-order valence-electron chi connectivity index (χ0n) is 11.7. The first kappa shape index (κ1) is 13.6. The van der Waals surface area contributed by atoms with E-state index in [2.05, 4.69) is 18.4 Å². The summed E-state index contributed by atoms with van der Waals surface area (Å²) in [6.45, 7) is 10.7. The van der Waals surface area contributed by atoms with E-state index in [9.17, 15) is 4.79 Å². The molecule has 0 N–H and O–H groups in total. The van der Waals surface area contributed by atoms with Gasteiger partial charge in [0.25, 0.3) is 0 Å². The number of rotatable bonds is 3. The minimum absolute atomic E-state index is 0.133. The van der Waals surface area contributed by atoms with Crippen LogP contribution in [0, 0.1) is 11.8 Å². The third-order valence-electron chi connectivity index (χ3n) is 4.47. The summed E-state index contributed by atoms with van der Waals surface area (Å²) in [6, 6.07) is 0.278. The van der Waals surface area contributed by atoms with Crippen LogP contribution in [0.25, 0.3) is 0 Å². The van der Waals surface area contributed by atoms with E-state index in [-0.39, 0.29) is 12.0 Å². The quantitative estimate of drug-likeness (QED) is 0.722. The summed E-state index contributed by atoms with van der Waals surface area (Å²) < 4.78 is 5.38. The number of nitrogens with zero attached hydrogens (tertiary/aromatic N) is 1. The van der Waals surface area contributed by atoms with Gasteiger partial charge in [-0.15, -0.1) is 0 Å². The van der Waals surface area contributed by atoms with Crippen molar-refractivity contribution in [3.8, 4) is 0 Å². The molecule has 0 aromatic heterocycles. The number of carbonyl (C=O) groups excluding carboxylic acids is 1. The van der Waals surface area contributed by atoms with E-state index in [1.54, 1.807) is 0 Å². The molecule has 2 atom stereocenters. The van der Waals surface area contributed by atoms with Gasteiger partial charge in [0.05, 0.1) is 6.04 Å². The van der Waals surface area contributed by atoms with Crippen LogP contribution in [-0.4, -0.2) is 36.6 Å². The van der Waals surface area contributed by atoms with Crippen molar-refractivity contribution >= 4 is 5.91 Å². The van der Waals surface area contributed by atoms with E-state index in [0.717, 1.165) is 51.0 Å². The summed E-state index contributed by atoms with van der Waals surface area (Å²) >= 11 is 0. The van der Waals surface area contributed by atoms with Gasteiger partial charge in [-0.05, 0) is 38.5 Å². The molecular weight excluding hydrogens is 226 g/mol. The highest BCUT2D eigenvalue weighted by atomic mass is 16.5. The smallest absolute Gasteiger partial charge is 0.226 e. The van der Waals surface area contributed by atoms with Gasteiger partial charge in [0.1, 0.15) is 0 Å². The summed E-state index contributed by atoms with van der Waals surface area (Å²) in [5, 5.41) is 0. The predicted molar refractivity (Wildman–Crippen MR) is 72.3 cm³/mol. The molecule has 2 aliphatic heterocycles. The number of carbonyl (C=O) groups is 1. The monoisotopic (exact) mass is 251 g/mol. The number of hydrogen-bond acceptors (Lipinski definition) is 2. The van der Waals surface area contributed by atoms with Crippen LogP contribution in [-0.2, 0) is 9.53 Å². The Morgan fingerprint density at radius 3 is 2.61 bits per heavy atom. The maximum absolute atomic E-state index is 12.6. The highest BCUT2D eigenvalue weighted by Gasteiger charge is 2.35. The van der Waals surface area contributed by atoms with Crippen molar-refractivity contribution in [2.45, 2.75) is 45.6 Å². The Hall–Kier alpha value is -0.830. The molecule has 1 amide bonds. The fourth-order valence-electron chi connectivity index (χ4n) is 3.22. The molecular formula is C15H25NO2. The standard InChI is InChI=1S/C15H25NO2/c1-11(2)14-5-4-8-16(14)15(17)12(3)13-6-9-18-10-7-13/h12-14H,1,4-10H2,2-3H3/t12-,14?/m0/s1. The molecule has 0 aliphatic carbocycles. The second-order valence-electron chi connectivity index (χ2n) is 5.77. The molecule has 0 bridgehead atoms. The van der Waals surface area contributed by atoms with Gasteiger partial charge in [0.2, 0.25) is 5.91 Å². The molecule has 2 aliphatic rings. The van der Waals surface area contributed by atoms with Crippen molar-refractivity contribution in [2.75, 3.05) is 19.8 Å². The Kier molecular flexibility index (Phi) is 4.44. The molecule has 0 aromatic carbocycles. The van der Waals surface area contributed by atoms with Crippen molar-refractivity contribution in [3.05, 3.63) is 12.2 Å². The second kappa shape index (κ2) is 5.87. The number of likely N-dealkylation sites (tertiary alicyclic amines) is 1. The van der Waals surface area contributed by atoms with Gasteiger partial charge in [-0.1, -0.05) is 19.1 Å². The summed E-state index contributed by atoms with van der Waals surface area (Å²) in [5.41, 5.74) is 1.13. The number of hydrogen-bond donors (Lipinski definition) is 0. The molecule has 3 nitrogen and oxygen atoms in total. The largest absolute Gasteiger partial charge is 0.381 e. The highest BCUT2D eigenvalue weighted by Crippen LogP contribution is 2.29. The third-order valence-corrected chi connectivity index (χ3v) is 4.47. The molecule has 2 rings (SSSR count). The van der Waals surface area contributed by atoms with E-state index in [1.165, 1.54) is 0 Å². The number of amides is 1. The molecule has 18 heavy (non-hydrogen) atoms. The Morgan fingerprint density at radius 1 is 1.33 bits per heavy atom. The molecule has 0 radical (unpaired) electrons. The summed E-state index contributed by atoms with van der Waals surface area (Å²) in [5.74, 6) is 0.957. The van der Waals surface area contributed by atoms with Crippen LogP contribution in [0.5, 0.6) is 0 Å². The SMILES string of the molecule is C=C(C)C1CCCN1C(=O)[C@@H](C)C1CCOCC1. The Bertz CT molecular complexity index is 320. The number of ether oxygens (including phenoxy) is 1. The Morgan fingerprint density at radius 2 is 2.00 bits per heavy atom. The zero-order chi connectivity index (χ0) is 13.1. The Balaban J connectivity index is 1.99. The summed E-state index contributed by atoms with van der Waals surface area (Å²) in [7, 11) is 0. The first-order valence-electron chi connectivity index (χ1n) is 7.15. The lowest BCUT2D eigenvalue weighted by atomic mass is 9.86. The summed E-state index contributed by atoms with van der Waals surface area (Å²) in [4.78, 5) is 14.7. The van der Waals surface area contributed by atoms with E-state index < -0.39 is 0 Å². The zero-order valence-corrected chi connectivity index (χ0v) is 11.7. The van der Waals surface area contributed by atoms with Crippen LogP contribution in [0.15, 0.2) is 12.2 Å². The average molecular weight is 251 g/mol. The molecule has 0 spiro atoms.